The van der Waals surface area contributed by atoms with E-state index in [2.05, 4.69) is 9.97 Å². The van der Waals surface area contributed by atoms with Gasteiger partial charge in [0.2, 0.25) is 0 Å². The number of nitrogen functional groups attached to an aromatic ring is 1. The lowest BCUT2D eigenvalue weighted by atomic mass is 10.0. The molecule has 2 aromatic carbocycles. The van der Waals surface area contributed by atoms with Gasteiger partial charge in [0.1, 0.15) is 11.6 Å². The summed E-state index contributed by atoms with van der Waals surface area (Å²) in [6.45, 7) is 8.77. The van der Waals surface area contributed by atoms with E-state index in [1.165, 1.54) is 18.2 Å². The molecule has 3 N–H and O–H groups in total. The fourth-order valence-corrected chi connectivity index (χ4v) is 4.67. The number of nitrogens with two attached hydrogens (primary N) is 1. The van der Waals surface area contributed by atoms with Crippen LogP contribution in [0.3, 0.4) is 0 Å². The number of hydrogen-bond donors (Lipinski definition) is 2. The zero-order valence-corrected chi connectivity index (χ0v) is 23.6. The van der Waals surface area contributed by atoms with Crippen LogP contribution >= 0.6 is 23.2 Å². The first-order chi connectivity index (χ1) is 18.2. The first-order valence-corrected chi connectivity index (χ1v) is 12.6. The maximum atomic E-state index is 14.6. The van der Waals surface area contributed by atoms with Crippen LogP contribution in [0.1, 0.15) is 32.2 Å². The van der Waals surface area contributed by atoms with Crippen molar-refractivity contribution in [3.05, 3.63) is 94.0 Å². The van der Waals surface area contributed by atoms with Gasteiger partial charge in [-0.25, -0.2) is 13.6 Å². The van der Waals surface area contributed by atoms with Crippen molar-refractivity contribution in [1.82, 2.24) is 9.97 Å². The van der Waals surface area contributed by atoms with Gasteiger partial charge in [-0.3, -0.25) is 14.9 Å². The molecule has 204 valence electrons. The maximum absolute atomic E-state index is 14.6. The van der Waals surface area contributed by atoms with Crippen molar-refractivity contribution in [1.29, 1.82) is 0 Å². The second-order valence-corrected chi connectivity index (χ2v) is 10.5. The number of anilines is 2. The minimum Gasteiger partial charge on any atom is -0.465 e. The number of halogens is 4. The van der Waals surface area contributed by atoms with E-state index in [9.17, 15) is 18.7 Å². The zero-order chi connectivity index (χ0) is 29.1. The third kappa shape index (κ3) is 6.82. The summed E-state index contributed by atoms with van der Waals surface area (Å²) >= 11 is 12.2. The standard InChI is InChI=1S/C17H18ClFN2O2.C12H10ClFN2/c1-10-15(13(18)7-8-20-10)12-6-5-11(9-14(12)19)21(16(22)23)17(2,3)4;1-7-12(10(13)4-5-16-7)9-3-2-8(15)6-11(9)14/h5-9H,1-4H3,(H,22,23);2-6H,15H2,1H3. The van der Waals surface area contributed by atoms with Crippen LogP contribution in [0, 0.1) is 25.5 Å². The normalized spacial score (nSPS) is 11.0. The molecule has 0 atom stereocenters. The molecule has 0 radical (unpaired) electrons. The van der Waals surface area contributed by atoms with Crippen LogP contribution < -0.4 is 10.6 Å². The average Bonchev–Trinajstić information content (AvgIpc) is 2.81. The van der Waals surface area contributed by atoms with Gasteiger partial charge in [0, 0.05) is 57.3 Å². The fraction of sp³-hybridized carbons (Fsp3) is 0.207. The van der Waals surface area contributed by atoms with Crippen molar-refractivity contribution in [2.45, 2.75) is 40.2 Å². The molecule has 0 aliphatic carbocycles. The molecule has 10 heteroatoms. The molecule has 0 saturated heterocycles. The Balaban J connectivity index is 0.000000230. The summed E-state index contributed by atoms with van der Waals surface area (Å²) in [5, 5.41) is 10.3. The van der Waals surface area contributed by atoms with E-state index in [0.717, 1.165) is 4.90 Å². The smallest absolute Gasteiger partial charge is 0.412 e. The van der Waals surface area contributed by atoms with Gasteiger partial charge < -0.3 is 10.8 Å². The number of carboxylic acid groups (broad SMARTS) is 1. The number of rotatable bonds is 3. The zero-order valence-electron chi connectivity index (χ0n) is 22.1. The van der Waals surface area contributed by atoms with Crippen molar-refractivity contribution in [2.75, 3.05) is 10.6 Å². The van der Waals surface area contributed by atoms with Crippen LogP contribution in [0.4, 0.5) is 25.0 Å². The molecular formula is C29H28Cl2F2N4O2. The summed E-state index contributed by atoms with van der Waals surface area (Å²) in [5.74, 6) is -0.936. The van der Waals surface area contributed by atoms with Crippen molar-refractivity contribution >= 4 is 40.7 Å². The Hall–Kier alpha value is -3.75. The largest absolute Gasteiger partial charge is 0.465 e. The predicted molar refractivity (Wildman–Crippen MR) is 153 cm³/mol. The van der Waals surface area contributed by atoms with Crippen molar-refractivity contribution in [3.63, 3.8) is 0 Å². The van der Waals surface area contributed by atoms with E-state index in [1.807, 2.05) is 0 Å². The molecule has 0 fully saturated rings. The Kier molecular flexibility index (Phi) is 9.14. The number of amides is 1. The molecule has 0 aliphatic rings. The highest BCUT2D eigenvalue weighted by atomic mass is 35.5. The van der Waals surface area contributed by atoms with Gasteiger partial charge in [0.25, 0.3) is 0 Å². The molecule has 0 unspecified atom stereocenters. The molecule has 6 nitrogen and oxygen atoms in total. The summed E-state index contributed by atoms with van der Waals surface area (Å²) in [5.41, 5.74) is 8.59. The lowest BCUT2D eigenvalue weighted by Crippen LogP contribution is -2.45. The van der Waals surface area contributed by atoms with Gasteiger partial charge in [0.15, 0.2) is 0 Å². The quantitative estimate of drug-likeness (QED) is 0.240. The van der Waals surface area contributed by atoms with Gasteiger partial charge >= 0.3 is 6.09 Å². The molecule has 0 aliphatic heterocycles. The van der Waals surface area contributed by atoms with Crippen LogP contribution in [0.25, 0.3) is 22.3 Å². The molecule has 4 rings (SSSR count). The number of nitrogens with zero attached hydrogens (tertiary/aromatic N) is 3. The Morgan fingerprint density at radius 2 is 1.31 bits per heavy atom. The van der Waals surface area contributed by atoms with E-state index >= 15 is 0 Å². The molecule has 0 spiro atoms. The first kappa shape index (κ1) is 29.8. The van der Waals surface area contributed by atoms with Gasteiger partial charge in [-0.15, -0.1) is 0 Å². The number of aryl methyl sites for hydroxylation is 2. The van der Waals surface area contributed by atoms with Crippen LogP contribution in [-0.2, 0) is 0 Å². The number of hydrogen-bond acceptors (Lipinski definition) is 4. The topological polar surface area (TPSA) is 92.3 Å². The molecule has 0 saturated carbocycles. The Labute approximate surface area is 236 Å². The molecule has 1 amide bonds. The molecular weight excluding hydrogens is 545 g/mol. The summed E-state index contributed by atoms with van der Waals surface area (Å²) in [4.78, 5) is 20.8. The Morgan fingerprint density at radius 3 is 1.69 bits per heavy atom. The highest BCUT2D eigenvalue weighted by molar-refractivity contribution is 6.33. The summed E-state index contributed by atoms with van der Waals surface area (Å²) in [6.07, 6.45) is 2.01. The molecule has 2 aromatic heterocycles. The molecule has 2 heterocycles. The van der Waals surface area contributed by atoms with E-state index in [-0.39, 0.29) is 5.69 Å². The SMILES string of the molecule is Cc1nccc(Cl)c1-c1ccc(N(C(=O)O)C(C)(C)C)cc1F.Cc1nccc(Cl)c1-c1ccc(N)cc1F. The van der Waals surface area contributed by atoms with E-state index in [0.29, 0.717) is 49.4 Å². The summed E-state index contributed by atoms with van der Waals surface area (Å²) in [7, 11) is 0. The van der Waals surface area contributed by atoms with Crippen LogP contribution in [0.15, 0.2) is 60.9 Å². The number of aromatic nitrogens is 2. The van der Waals surface area contributed by atoms with E-state index in [1.54, 1.807) is 77.3 Å². The van der Waals surface area contributed by atoms with Gasteiger partial charge in [-0.1, -0.05) is 23.2 Å². The Morgan fingerprint density at radius 1 is 0.846 bits per heavy atom. The van der Waals surface area contributed by atoms with E-state index < -0.39 is 23.3 Å². The lowest BCUT2D eigenvalue weighted by Gasteiger charge is -2.33. The second-order valence-electron chi connectivity index (χ2n) is 9.70. The lowest BCUT2D eigenvalue weighted by molar-refractivity contribution is 0.195. The van der Waals surface area contributed by atoms with E-state index in [4.69, 9.17) is 28.9 Å². The van der Waals surface area contributed by atoms with Crippen LogP contribution in [0.2, 0.25) is 10.0 Å². The highest BCUT2D eigenvalue weighted by Gasteiger charge is 2.28. The molecule has 39 heavy (non-hydrogen) atoms. The number of pyridine rings is 2. The minimum absolute atomic E-state index is 0.268. The monoisotopic (exact) mass is 572 g/mol. The third-order valence-electron chi connectivity index (χ3n) is 5.78. The highest BCUT2D eigenvalue weighted by Crippen LogP contribution is 2.35. The maximum Gasteiger partial charge on any atom is 0.412 e. The van der Waals surface area contributed by atoms with Crippen molar-refractivity contribution < 1.29 is 18.7 Å². The average molecular weight is 573 g/mol. The molecule has 4 aromatic rings. The number of benzene rings is 2. The Bertz CT molecular complexity index is 1480. The van der Waals surface area contributed by atoms with Crippen molar-refractivity contribution in [2.24, 2.45) is 0 Å². The van der Waals surface area contributed by atoms with Gasteiger partial charge in [-0.2, -0.15) is 0 Å². The summed E-state index contributed by atoms with van der Waals surface area (Å²) in [6, 6.07) is 12.1. The summed E-state index contributed by atoms with van der Waals surface area (Å²) < 4.78 is 28.3. The van der Waals surface area contributed by atoms with Crippen LogP contribution in [-0.4, -0.2) is 26.7 Å². The second kappa shape index (κ2) is 12.0. The van der Waals surface area contributed by atoms with Crippen molar-refractivity contribution in [3.8, 4) is 22.3 Å². The third-order valence-corrected chi connectivity index (χ3v) is 6.41. The molecule has 0 bridgehead atoms. The predicted octanol–water partition coefficient (Wildman–Crippen LogP) is 8.56. The fourth-order valence-electron chi connectivity index (χ4n) is 4.08. The number of carbonyl (C=O) groups is 1. The van der Waals surface area contributed by atoms with Gasteiger partial charge in [0.05, 0.1) is 15.7 Å². The first-order valence-electron chi connectivity index (χ1n) is 11.8. The minimum atomic E-state index is -1.14. The van der Waals surface area contributed by atoms with Crippen LogP contribution in [0.5, 0.6) is 0 Å². The van der Waals surface area contributed by atoms with Gasteiger partial charge in [-0.05, 0) is 83.1 Å².